The normalized spacial score (nSPS) is 12.6. The van der Waals surface area contributed by atoms with Crippen LogP contribution in [0.1, 0.15) is 36.0 Å². The molecular formula is C16H23N3O3S. The average Bonchev–Trinajstić information content (AvgIpc) is 2.77. The van der Waals surface area contributed by atoms with Gasteiger partial charge in [-0.3, -0.25) is 9.59 Å². The van der Waals surface area contributed by atoms with Crippen molar-refractivity contribution in [2.24, 2.45) is 0 Å². The molecule has 2 N–H and O–H groups in total. The Kier molecular flexibility index (Phi) is 5.54. The molecule has 2 aromatic heterocycles. The van der Waals surface area contributed by atoms with E-state index >= 15 is 0 Å². The van der Waals surface area contributed by atoms with Crippen molar-refractivity contribution in [3.05, 3.63) is 26.6 Å². The van der Waals surface area contributed by atoms with Gasteiger partial charge in [0.15, 0.2) is 0 Å². The summed E-state index contributed by atoms with van der Waals surface area (Å²) in [5.41, 5.74) is 0.834. The number of hydrogen-bond donors (Lipinski definition) is 2. The molecule has 0 aromatic carbocycles. The second-order valence-corrected chi connectivity index (χ2v) is 7.13. The summed E-state index contributed by atoms with van der Waals surface area (Å²) in [5.74, 6) is 0.521. The van der Waals surface area contributed by atoms with E-state index < -0.39 is 6.10 Å². The molecule has 1 unspecified atom stereocenters. The third-order valence-corrected chi connectivity index (χ3v) is 5.07. The standard InChI is InChI=1S/C16H23N3O3S/c1-9(20)7-8-19(4)13(21)6-5-12-17-15(22)14-10(2)11(3)23-16(14)18-12/h9,20H,5-8H2,1-4H3,(H,17,18,22). The lowest BCUT2D eigenvalue weighted by Gasteiger charge is -2.17. The van der Waals surface area contributed by atoms with Gasteiger partial charge in [0.1, 0.15) is 10.7 Å². The molecule has 2 aromatic rings. The Labute approximate surface area is 139 Å². The van der Waals surface area contributed by atoms with E-state index in [0.717, 1.165) is 15.3 Å². The minimum atomic E-state index is -0.420. The van der Waals surface area contributed by atoms with E-state index in [4.69, 9.17) is 0 Å². The Hall–Kier alpha value is -1.73. The topological polar surface area (TPSA) is 86.3 Å². The Morgan fingerprint density at radius 2 is 2.13 bits per heavy atom. The minimum absolute atomic E-state index is 0.0214. The number of aryl methyl sites for hydroxylation is 3. The fraction of sp³-hybridized carbons (Fsp3) is 0.562. The first-order valence-corrected chi connectivity index (χ1v) is 8.52. The van der Waals surface area contributed by atoms with Gasteiger partial charge in [-0.25, -0.2) is 4.98 Å². The van der Waals surface area contributed by atoms with Crippen LogP contribution in [0.3, 0.4) is 0 Å². The highest BCUT2D eigenvalue weighted by Crippen LogP contribution is 2.25. The van der Waals surface area contributed by atoms with E-state index in [9.17, 15) is 14.7 Å². The molecule has 6 nitrogen and oxygen atoms in total. The first-order chi connectivity index (χ1) is 10.8. The molecule has 0 aliphatic rings. The summed E-state index contributed by atoms with van der Waals surface area (Å²) in [6, 6.07) is 0. The highest BCUT2D eigenvalue weighted by molar-refractivity contribution is 7.18. The zero-order valence-corrected chi connectivity index (χ0v) is 14.8. The predicted molar refractivity (Wildman–Crippen MR) is 92.0 cm³/mol. The number of carbonyl (C=O) groups excluding carboxylic acids is 1. The monoisotopic (exact) mass is 337 g/mol. The molecular weight excluding hydrogens is 314 g/mol. The van der Waals surface area contributed by atoms with Gasteiger partial charge in [0.2, 0.25) is 5.91 Å². The van der Waals surface area contributed by atoms with Crippen LogP contribution in [0, 0.1) is 13.8 Å². The molecule has 0 saturated carbocycles. The smallest absolute Gasteiger partial charge is 0.259 e. The summed E-state index contributed by atoms with van der Waals surface area (Å²) in [5, 5.41) is 9.91. The number of rotatable bonds is 6. The number of aromatic amines is 1. The highest BCUT2D eigenvalue weighted by Gasteiger charge is 2.14. The highest BCUT2D eigenvalue weighted by atomic mass is 32.1. The number of carbonyl (C=O) groups is 1. The number of nitrogens with zero attached hydrogens (tertiary/aromatic N) is 2. The molecule has 0 saturated heterocycles. The first-order valence-electron chi connectivity index (χ1n) is 7.70. The van der Waals surface area contributed by atoms with Crippen LogP contribution in [0.4, 0.5) is 0 Å². The number of aliphatic hydroxyl groups excluding tert-OH is 1. The van der Waals surface area contributed by atoms with Crippen LogP contribution in [-0.2, 0) is 11.2 Å². The lowest BCUT2D eigenvalue weighted by molar-refractivity contribution is -0.130. The van der Waals surface area contributed by atoms with Crippen LogP contribution in [0.5, 0.6) is 0 Å². The largest absolute Gasteiger partial charge is 0.393 e. The second kappa shape index (κ2) is 7.23. The van der Waals surface area contributed by atoms with Crippen molar-refractivity contribution in [3.8, 4) is 0 Å². The molecule has 0 fully saturated rings. The van der Waals surface area contributed by atoms with Crippen LogP contribution in [0.2, 0.25) is 0 Å². The molecule has 0 spiro atoms. The number of fused-ring (bicyclic) bond motifs is 1. The van der Waals surface area contributed by atoms with E-state index in [-0.39, 0.29) is 17.9 Å². The van der Waals surface area contributed by atoms with Gasteiger partial charge in [-0.05, 0) is 32.8 Å². The second-order valence-electron chi connectivity index (χ2n) is 5.93. The van der Waals surface area contributed by atoms with Crippen molar-refractivity contribution in [2.75, 3.05) is 13.6 Å². The number of hydrogen-bond acceptors (Lipinski definition) is 5. The molecule has 0 bridgehead atoms. The Bertz CT molecular complexity index is 764. The summed E-state index contributed by atoms with van der Waals surface area (Å²) < 4.78 is 0. The van der Waals surface area contributed by atoms with Crippen molar-refractivity contribution in [3.63, 3.8) is 0 Å². The van der Waals surface area contributed by atoms with Crippen LogP contribution < -0.4 is 5.56 Å². The van der Waals surface area contributed by atoms with Gasteiger partial charge in [0, 0.05) is 31.3 Å². The van der Waals surface area contributed by atoms with Crippen LogP contribution in [-0.4, -0.2) is 45.6 Å². The number of nitrogens with one attached hydrogen (secondary N) is 1. The fourth-order valence-electron chi connectivity index (χ4n) is 2.34. The van der Waals surface area contributed by atoms with E-state index in [2.05, 4.69) is 9.97 Å². The third-order valence-electron chi connectivity index (χ3n) is 3.97. The number of thiophene rings is 1. The van der Waals surface area contributed by atoms with Gasteiger partial charge in [-0.15, -0.1) is 11.3 Å². The summed E-state index contributed by atoms with van der Waals surface area (Å²) in [4.78, 5) is 34.9. The number of H-pyrrole nitrogens is 1. The predicted octanol–water partition coefficient (Wildman–Crippen LogP) is 1.76. The van der Waals surface area contributed by atoms with Crippen LogP contribution >= 0.6 is 11.3 Å². The zero-order valence-electron chi connectivity index (χ0n) is 14.0. The third kappa shape index (κ3) is 4.17. The molecule has 0 aliphatic heterocycles. The maximum Gasteiger partial charge on any atom is 0.259 e. The molecule has 7 heteroatoms. The number of aromatic nitrogens is 2. The molecule has 126 valence electrons. The molecule has 0 aliphatic carbocycles. The minimum Gasteiger partial charge on any atom is -0.393 e. The summed E-state index contributed by atoms with van der Waals surface area (Å²) >= 11 is 1.50. The Morgan fingerprint density at radius 3 is 2.78 bits per heavy atom. The Morgan fingerprint density at radius 1 is 1.43 bits per heavy atom. The van der Waals surface area contributed by atoms with E-state index in [1.165, 1.54) is 11.3 Å². The van der Waals surface area contributed by atoms with Gasteiger partial charge in [0.05, 0.1) is 11.5 Å². The summed E-state index contributed by atoms with van der Waals surface area (Å²) in [6.07, 6.45) is 0.820. The first kappa shape index (κ1) is 17.6. The van der Waals surface area contributed by atoms with E-state index in [1.54, 1.807) is 18.9 Å². The molecule has 23 heavy (non-hydrogen) atoms. The van der Waals surface area contributed by atoms with Crippen LogP contribution in [0.25, 0.3) is 10.2 Å². The summed E-state index contributed by atoms with van der Waals surface area (Å²) in [7, 11) is 1.72. The fourth-order valence-corrected chi connectivity index (χ4v) is 3.39. The molecule has 1 atom stereocenters. The van der Waals surface area contributed by atoms with Crippen molar-refractivity contribution in [1.29, 1.82) is 0 Å². The van der Waals surface area contributed by atoms with E-state index in [0.29, 0.717) is 30.6 Å². The molecule has 2 rings (SSSR count). The number of amides is 1. The van der Waals surface area contributed by atoms with Crippen molar-refractivity contribution >= 4 is 27.5 Å². The average molecular weight is 337 g/mol. The lowest BCUT2D eigenvalue weighted by Crippen LogP contribution is -2.29. The Balaban J connectivity index is 2.05. The molecule has 2 heterocycles. The maximum atomic E-state index is 12.2. The molecule has 1 amide bonds. The van der Waals surface area contributed by atoms with Crippen molar-refractivity contribution in [2.45, 2.75) is 46.1 Å². The quantitative estimate of drug-likeness (QED) is 0.841. The van der Waals surface area contributed by atoms with Gasteiger partial charge < -0.3 is 15.0 Å². The van der Waals surface area contributed by atoms with Gasteiger partial charge in [0.25, 0.3) is 5.56 Å². The summed E-state index contributed by atoms with van der Waals surface area (Å²) in [6.45, 7) is 6.11. The van der Waals surface area contributed by atoms with Crippen molar-refractivity contribution < 1.29 is 9.90 Å². The van der Waals surface area contributed by atoms with Crippen LogP contribution in [0.15, 0.2) is 4.79 Å². The maximum absolute atomic E-state index is 12.2. The number of aliphatic hydroxyl groups is 1. The van der Waals surface area contributed by atoms with Gasteiger partial charge >= 0.3 is 0 Å². The lowest BCUT2D eigenvalue weighted by atomic mass is 10.2. The van der Waals surface area contributed by atoms with E-state index in [1.807, 2.05) is 13.8 Å². The zero-order chi connectivity index (χ0) is 17.1. The van der Waals surface area contributed by atoms with Crippen molar-refractivity contribution in [1.82, 2.24) is 14.9 Å². The van der Waals surface area contributed by atoms with Gasteiger partial charge in [-0.1, -0.05) is 0 Å². The molecule has 0 radical (unpaired) electrons. The van der Waals surface area contributed by atoms with Gasteiger partial charge in [-0.2, -0.15) is 0 Å². The SMILES string of the molecule is Cc1sc2nc(CCC(=O)N(C)CCC(C)O)[nH]c(=O)c2c1C.